The van der Waals surface area contributed by atoms with Crippen LogP contribution in [0.5, 0.6) is 11.5 Å². The van der Waals surface area contributed by atoms with Gasteiger partial charge in [0.2, 0.25) is 0 Å². The van der Waals surface area contributed by atoms with Crippen LogP contribution in [0.1, 0.15) is 0 Å². The number of benzene rings is 1. The van der Waals surface area contributed by atoms with Crippen molar-refractivity contribution in [3.63, 3.8) is 0 Å². The van der Waals surface area contributed by atoms with E-state index in [0.29, 0.717) is 0 Å². The zero-order chi connectivity index (χ0) is 12.7. The monoisotopic (exact) mass is 314 g/mol. The summed E-state index contributed by atoms with van der Waals surface area (Å²) in [6, 6.07) is 0.394. The minimum atomic E-state index is -5.26. The normalized spacial score (nSPS) is 11.2. The van der Waals surface area contributed by atoms with Crippen molar-refractivity contribution in [2.45, 2.75) is 9.79 Å². The van der Waals surface area contributed by atoms with Crippen LogP contribution in [-0.4, -0.2) is 36.2 Å². The molecule has 90 valence electrons. The first-order valence-electron chi connectivity index (χ1n) is 3.51. The van der Waals surface area contributed by atoms with Crippen LogP contribution in [0.3, 0.4) is 0 Å². The molecule has 0 aliphatic carbocycles. The molecule has 12 heteroatoms. The molecule has 0 atom stereocenters. The first-order chi connectivity index (χ1) is 7.03. The van der Waals surface area contributed by atoms with Crippen molar-refractivity contribution >= 4 is 20.2 Å². The Hall–Kier alpha value is 0.640. The van der Waals surface area contributed by atoms with E-state index in [1.807, 2.05) is 0 Å². The second-order valence-corrected chi connectivity index (χ2v) is 5.39. The molecule has 0 saturated heterocycles. The molecule has 0 saturated carbocycles. The Balaban J connectivity index is 0. The van der Waals surface area contributed by atoms with Crippen LogP contribution in [0.15, 0.2) is 21.9 Å². The fourth-order valence-corrected chi connectivity index (χ4v) is 2.66. The summed E-state index contributed by atoms with van der Waals surface area (Å²) >= 11 is 0. The standard InChI is InChI=1S/C6H6O8S2.2Na/c7-3-1-5(15(9,10)11)6(2-4(3)8)16(12,13)14;;/h1-2,7-8H,(H,9,10,11)(H,12,13,14);;/q;2*+1/p-2. The van der Waals surface area contributed by atoms with Crippen molar-refractivity contribution < 1.29 is 95.3 Å². The van der Waals surface area contributed by atoms with Gasteiger partial charge in [0.15, 0.2) is 11.5 Å². The van der Waals surface area contributed by atoms with Crippen molar-refractivity contribution in [1.82, 2.24) is 0 Å². The summed E-state index contributed by atoms with van der Waals surface area (Å²) in [6.07, 6.45) is 0. The summed E-state index contributed by atoms with van der Waals surface area (Å²) in [5.74, 6) is -2.05. The molecule has 0 aliphatic rings. The maximum absolute atomic E-state index is 10.6. The van der Waals surface area contributed by atoms with Gasteiger partial charge in [-0.3, -0.25) is 0 Å². The number of rotatable bonds is 2. The van der Waals surface area contributed by atoms with Crippen molar-refractivity contribution in [3.05, 3.63) is 12.1 Å². The van der Waals surface area contributed by atoms with E-state index in [0.717, 1.165) is 0 Å². The molecular weight excluding hydrogens is 310 g/mol. The molecule has 2 N–H and O–H groups in total. The molecule has 0 aliphatic heterocycles. The number of phenols is 2. The van der Waals surface area contributed by atoms with Crippen LogP contribution < -0.4 is 59.1 Å². The van der Waals surface area contributed by atoms with Gasteiger partial charge in [0.25, 0.3) is 0 Å². The SMILES string of the molecule is O=S(=O)([O-])c1cc(O)c(O)cc1S(=O)(=O)[O-].[Na+].[Na+]. The van der Waals surface area contributed by atoms with Gasteiger partial charge >= 0.3 is 59.1 Å². The summed E-state index contributed by atoms with van der Waals surface area (Å²) in [6.45, 7) is 0. The third-order valence-corrected chi connectivity index (χ3v) is 3.46. The van der Waals surface area contributed by atoms with E-state index < -0.39 is 41.5 Å². The quantitative estimate of drug-likeness (QED) is 0.310. The molecule has 0 fully saturated rings. The maximum atomic E-state index is 10.6. The van der Waals surface area contributed by atoms with Gasteiger partial charge in [-0.05, 0) is 0 Å². The number of aromatic hydroxyl groups is 2. The zero-order valence-corrected chi connectivity index (χ0v) is 14.9. The largest absolute Gasteiger partial charge is 1.00 e. The van der Waals surface area contributed by atoms with Crippen molar-refractivity contribution in [3.8, 4) is 11.5 Å². The van der Waals surface area contributed by atoms with E-state index in [2.05, 4.69) is 0 Å². The van der Waals surface area contributed by atoms with Crippen LogP contribution in [0, 0.1) is 0 Å². The average molecular weight is 314 g/mol. The third-order valence-electron chi connectivity index (χ3n) is 1.58. The molecule has 0 unspecified atom stereocenters. The maximum Gasteiger partial charge on any atom is 1.00 e. The van der Waals surface area contributed by atoms with Crippen LogP contribution in [0.4, 0.5) is 0 Å². The Morgan fingerprint density at radius 1 is 0.778 bits per heavy atom. The predicted octanol–water partition coefficient (Wildman–Crippen LogP) is -7.09. The summed E-state index contributed by atoms with van der Waals surface area (Å²) in [5, 5.41) is 17.8. The topological polar surface area (TPSA) is 155 Å². The van der Waals surface area contributed by atoms with E-state index in [9.17, 15) is 25.9 Å². The Kier molecular flexibility index (Phi) is 8.01. The molecule has 0 spiro atoms. The second kappa shape index (κ2) is 6.88. The molecule has 1 aromatic rings. The first-order valence-corrected chi connectivity index (χ1v) is 6.33. The van der Waals surface area contributed by atoms with E-state index in [1.54, 1.807) is 0 Å². The van der Waals surface area contributed by atoms with Crippen molar-refractivity contribution in [2.24, 2.45) is 0 Å². The van der Waals surface area contributed by atoms with Gasteiger partial charge in [0.05, 0.1) is 9.79 Å². The smallest absolute Gasteiger partial charge is 0.744 e. The fraction of sp³-hybridized carbons (Fsp3) is 0. The fourth-order valence-electron chi connectivity index (χ4n) is 0.929. The summed E-state index contributed by atoms with van der Waals surface area (Å²) in [7, 11) is -10.5. The molecule has 0 amide bonds. The van der Waals surface area contributed by atoms with Crippen LogP contribution in [0.2, 0.25) is 0 Å². The summed E-state index contributed by atoms with van der Waals surface area (Å²) < 4.78 is 63.7. The molecular formula is C6H4Na2O8S2. The molecule has 0 aromatic heterocycles. The Morgan fingerprint density at radius 2 is 1.00 bits per heavy atom. The van der Waals surface area contributed by atoms with E-state index in [4.69, 9.17) is 10.2 Å². The molecule has 18 heavy (non-hydrogen) atoms. The number of hydrogen-bond acceptors (Lipinski definition) is 8. The van der Waals surface area contributed by atoms with E-state index >= 15 is 0 Å². The van der Waals surface area contributed by atoms with Gasteiger partial charge in [-0.15, -0.1) is 0 Å². The van der Waals surface area contributed by atoms with Gasteiger partial charge in [0, 0.05) is 12.1 Å². The van der Waals surface area contributed by atoms with Gasteiger partial charge < -0.3 is 19.3 Å². The minimum absolute atomic E-state index is 0. The van der Waals surface area contributed by atoms with Crippen LogP contribution in [-0.2, 0) is 20.2 Å². The Bertz CT molecular complexity index is 579. The van der Waals surface area contributed by atoms with Crippen molar-refractivity contribution in [2.75, 3.05) is 0 Å². The van der Waals surface area contributed by atoms with Gasteiger partial charge in [-0.2, -0.15) is 0 Å². The number of phenolic OH excluding ortho intramolecular Hbond substituents is 2. The van der Waals surface area contributed by atoms with Crippen LogP contribution >= 0.6 is 0 Å². The molecule has 1 rings (SSSR count). The predicted molar refractivity (Wildman–Crippen MR) is 45.7 cm³/mol. The van der Waals surface area contributed by atoms with Gasteiger partial charge in [0.1, 0.15) is 20.2 Å². The molecule has 8 nitrogen and oxygen atoms in total. The molecule has 1 aromatic carbocycles. The minimum Gasteiger partial charge on any atom is -0.744 e. The molecule has 0 bridgehead atoms. The van der Waals surface area contributed by atoms with E-state index in [1.165, 1.54) is 0 Å². The summed E-state index contributed by atoms with van der Waals surface area (Å²) in [4.78, 5) is -2.81. The van der Waals surface area contributed by atoms with Crippen molar-refractivity contribution in [1.29, 1.82) is 0 Å². The third kappa shape index (κ3) is 4.96. The second-order valence-electron chi connectivity index (χ2n) is 2.70. The summed E-state index contributed by atoms with van der Waals surface area (Å²) in [5.41, 5.74) is 0. The van der Waals surface area contributed by atoms with Crippen LogP contribution in [0.25, 0.3) is 0 Å². The molecule has 0 heterocycles. The Labute approximate surface area is 147 Å². The zero-order valence-electron chi connectivity index (χ0n) is 9.32. The van der Waals surface area contributed by atoms with Gasteiger partial charge in [-0.1, -0.05) is 0 Å². The van der Waals surface area contributed by atoms with Gasteiger partial charge in [-0.25, -0.2) is 16.8 Å². The van der Waals surface area contributed by atoms with E-state index in [-0.39, 0.29) is 71.2 Å². The number of hydrogen-bond donors (Lipinski definition) is 2. The Morgan fingerprint density at radius 3 is 1.17 bits per heavy atom. The molecule has 0 radical (unpaired) electrons. The first kappa shape index (κ1) is 20.9. The average Bonchev–Trinajstić information content (AvgIpc) is 2.05.